The summed E-state index contributed by atoms with van der Waals surface area (Å²) in [5.74, 6) is 0.731. The lowest BCUT2D eigenvalue weighted by molar-refractivity contribution is -0.128. The first kappa shape index (κ1) is 14.9. The van der Waals surface area contributed by atoms with Crippen molar-refractivity contribution in [3.63, 3.8) is 0 Å². The Hall–Kier alpha value is -1.06. The van der Waals surface area contributed by atoms with E-state index in [1.54, 1.807) is 0 Å². The van der Waals surface area contributed by atoms with Gasteiger partial charge in [0, 0.05) is 10.9 Å². The van der Waals surface area contributed by atoms with Crippen LogP contribution in [-0.2, 0) is 10.3 Å². The number of hydrogen-bond acceptors (Lipinski definition) is 2. The van der Waals surface area contributed by atoms with E-state index in [0.717, 1.165) is 49.4 Å². The van der Waals surface area contributed by atoms with Gasteiger partial charge in [-0.15, -0.1) is 0 Å². The topological polar surface area (TPSA) is 41.1 Å². The van der Waals surface area contributed by atoms with Crippen LogP contribution in [0.3, 0.4) is 0 Å². The number of rotatable bonds is 4. The highest BCUT2D eigenvalue weighted by Crippen LogP contribution is 2.40. The molecule has 0 aromatic heterocycles. The smallest absolute Gasteiger partial charge is 0.223 e. The first-order valence-corrected chi connectivity index (χ1v) is 8.27. The van der Waals surface area contributed by atoms with E-state index >= 15 is 0 Å². The van der Waals surface area contributed by atoms with Gasteiger partial charge in [-0.2, -0.15) is 0 Å². The van der Waals surface area contributed by atoms with Crippen LogP contribution >= 0.6 is 11.6 Å². The molecule has 1 aliphatic carbocycles. The molecule has 3 rings (SSSR count). The first-order valence-electron chi connectivity index (χ1n) is 7.89. The van der Waals surface area contributed by atoms with Gasteiger partial charge < -0.3 is 10.6 Å². The molecule has 1 heterocycles. The monoisotopic (exact) mass is 306 g/mol. The summed E-state index contributed by atoms with van der Waals surface area (Å²) in [5.41, 5.74) is 0.938. The molecule has 2 aliphatic rings. The van der Waals surface area contributed by atoms with Gasteiger partial charge in [-0.05, 0) is 49.5 Å². The van der Waals surface area contributed by atoms with E-state index in [2.05, 4.69) is 16.7 Å². The molecule has 1 amide bonds. The Balaban J connectivity index is 1.79. The van der Waals surface area contributed by atoms with E-state index in [1.807, 2.05) is 25.1 Å². The highest BCUT2D eigenvalue weighted by Gasteiger charge is 2.39. The van der Waals surface area contributed by atoms with Crippen LogP contribution in [0.4, 0.5) is 0 Å². The predicted octanol–water partition coefficient (Wildman–Crippen LogP) is 3.08. The number of benzene rings is 1. The van der Waals surface area contributed by atoms with Crippen molar-refractivity contribution in [1.82, 2.24) is 10.6 Å². The molecule has 1 aromatic carbocycles. The van der Waals surface area contributed by atoms with E-state index in [4.69, 9.17) is 11.6 Å². The van der Waals surface area contributed by atoms with Crippen LogP contribution in [0.5, 0.6) is 0 Å². The fourth-order valence-electron chi connectivity index (χ4n) is 3.48. The number of carbonyl (C=O) groups excluding carboxylic acids is 1. The summed E-state index contributed by atoms with van der Waals surface area (Å²) in [7, 11) is 0. The second kappa shape index (κ2) is 5.98. The molecule has 1 aromatic rings. The largest absolute Gasteiger partial charge is 0.346 e. The number of nitrogens with one attached hydrogen (secondary N) is 2. The normalized spacial score (nSPS) is 22.6. The van der Waals surface area contributed by atoms with E-state index in [1.165, 1.54) is 0 Å². The highest BCUT2D eigenvalue weighted by atomic mass is 35.5. The molecule has 114 valence electrons. The van der Waals surface area contributed by atoms with Crippen molar-refractivity contribution >= 4 is 17.5 Å². The Morgan fingerprint density at radius 3 is 2.67 bits per heavy atom. The molecule has 2 fully saturated rings. The van der Waals surface area contributed by atoms with Gasteiger partial charge in [-0.3, -0.25) is 4.79 Å². The average Bonchev–Trinajstić information content (AvgIpc) is 2.86. The van der Waals surface area contributed by atoms with Gasteiger partial charge in [0.2, 0.25) is 5.91 Å². The quantitative estimate of drug-likeness (QED) is 0.897. The van der Waals surface area contributed by atoms with Gasteiger partial charge in [-0.1, -0.05) is 43.5 Å². The molecule has 3 nitrogen and oxygen atoms in total. The summed E-state index contributed by atoms with van der Waals surface area (Å²) < 4.78 is 0. The highest BCUT2D eigenvalue weighted by molar-refractivity contribution is 6.30. The minimum Gasteiger partial charge on any atom is -0.346 e. The standard InChI is InChI=1S/C17H23ClN2O/c1-12(13-10-19-11-13)16(21)20-17(7-2-3-8-17)14-5-4-6-15(18)9-14/h4-6,9,12-13,19H,2-3,7-8,10-11H2,1H3,(H,20,21). The molecule has 4 heteroatoms. The maximum atomic E-state index is 12.6. The summed E-state index contributed by atoms with van der Waals surface area (Å²) in [4.78, 5) is 12.6. The maximum absolute atomic E-state index is 12.6. The summed E-state index contributed by atoms with van der Waals surface area (Å²) in [6.45, 7) is 3.96. The Morgan fingerprint density at radius 2 is 2.10 bits per heavy atom. The molecule has 0 spiro atoms. The lowest BCUT2D eigenvalue weighted by Crippen LogP contribution is -2.53. The average molecular weight is 307 g/mol. The van der Waals surface area contributed by atoms with E-state index in [0.29, 0.717) is 5.92 Å². The van der Waals surface area contributed by atoms with Gasteiger partial charge in [0.1, 0.15) is 0 Å². The second-order valence-corrected chi connectivity index (χ2v) is 6.93. The summed E-state index contributed by atoms with van der Waals surface area (Å²) in [6, 6.07) is 7.96. The third-order valence-corrected chi connectivity index (χ3v) is 5.37. The van der Waals surface area contributed by atoms with Crippen LogP contribution in [0.1, 0.15) is 38.2 Å². The van der Waals surface area contributed by atoms with Crippen molar-refractivity contribution in [3.8, 4) is 0 Å². The van der Waals surface area contributed by atoms with Crippen molar-refractivity contribution in [2.24, 2.45) is 11.8 Å². The van der Waals surface area contributed by atoms with E-state index < -0.39 is 0 Å². The Morgan fingerprint density at radius 1 is 1.38 bits per heavy atom. The van der Waals surface area contributed by atoms with E-state index in [9.17, 15) is 4.79 Å². The van der Waals surface area contributed by atoms with Crippen LogP contribution in [0.25, 0.3) is 0 Å². The summed E-state index contributed by atoms with van der Waals surface area (Å²) >= 11 is 6.15. The fraction of sp³-hybridized carbons (Fsp3) is 0.588. The molecule has 1 atom stereocenters. The van der Waals surface area contributed by atoms with Crippen LogP contribution in [-0.4, -0.2) is 19.0 Å². The fourth-order valence-corrected chi connectivity index (χ4v) is 3.67. The maximum Gasteiger partial charge on any atom is 0.223 e. The number of hydrogen-bond donors (Lipinski definition) is 2. The molecular formula is C17H23ClN2O. The lowest BCUT2D eigenvalue weighted by atomic mass is 9.84. The molecule has 0 radical (unpaired) electrons. The Kier molecular flexibility index (Phi) is 4.23. The van der Waals surface area contributed by atoms with Gasteiger partial charge in [0.15, 0.2) is 0 Å². The number of carbonyl (C=O) groups is 1. The molecule has 0 bridgehead atoms. The van der Waals surface area contributed by atoms with Gasteiger partial charge in [0.05, 0.1) is 5.54 Å². The van der Waals surface area contributed by atoms with Gasteiger partial charge in [-0.25, -0.2) is 0 Å². The molecular weight excluding hydrogens is 284 g/mol. The van der Waals surface area contributed by atoms with Gasteiger partial charge in [0.25, 0.3) is 0 Å². The molecule has 1 saturated carbocycles. The third-order valence-electron chi connectivity index (χ3n) is 5.13. The van der Waals surface area contributed by atoms with Crippen molar-refractivity contribution in [3.05, 3.63) is 34.9 Å². The molecule has 1 aliphatic heterocycles. The van der Waals surface area contributed by atoms with Crippen molar-refractivity contribution in [1.29, 1.82) is 0 Å². The minimum absolute atomic E-state index is 0.0721. The van der Waals surface area contributed by atoms with E-state index in [-0.39, 0.29) is 17.4 Å². The third kappa shape index (κ3) is 2.95. The lowest BCUT2D eigenvalue weighted by Gasteiger charge is -2.36. The zero-order valence-corrected chi connectivity index (χ0v) is 13.2. The van der Waals surface area contributed by atoms with Crippen LogP contribution in [0.15, 0.2) is 24.3 Å². The number of halogens is 1. The molecule has 1 saturated heterocycles. The predicted molar refractivity (Wildman–Crippen MR) is 85.3 cm³/mol. The van der Waals surface area contributed by atoms with Crippen molar-refractivity contribution < 1.29 is 4.79 Å². The zero-order valence-electron chi connectivity index (χ0n) is 12.5. The zero-order chi connectivity index (χ0) is 14.9. The van der Waals surface area contributed by atoms with Gasteiger partial charge >= 0.3 is 0 Å². The second-order valence-electron chi connectivity index (χ2n) is 6.50. The Bertz CT molecular complexity index is 521. The van der Waals surface area contributed by atoms with Crippen LogP contribution < -0.4 is 10.6 Å². The molecule has 2 N–H and O–H groups in total. The first-order chi connectivity index (χ1) is 10.1. The van der Waals surface area contributed by atoms with Crippen molar-refractivity contribution in [2.45, 2.75) is 38.1 Å². The van der Waals surface area contributed by atoms with Crippen LogP contribution in [0.2, 0.25) is 5.02 Å². The number of amides is 1. The molecule has 21 heavy (non-hydrogen) atoms. The van der Waals surface area contributed by atoms with Crippen molar-refractivity contribution in [2.75, 3.05) is 13.1 Å². The van der Waals surface area contributed by atoms with Crippen LogP contribution in [0, 0.1) is 11.8 Å². The molecule has 1 unspecified atom stereocenters. The minimum atomic E-state index is -0.215. The Labute approximate surface area is 131 Å². The summed E-state index contributed by atoms with van der Waals surface area (Å²) in [5, 5.41) is 7.34. The SMILES string of the molecule is CC(C(=O)NC1(c2cccc(Cl)c2)CCCC1)C1CNC1. The summed E-state index contributed by atoms with van der Waals surface area (Å²) in [6.07, 6.45) is 4.34.